The van der Waals surface area contributed by atoms with Gasteiger partial charge in [-0.1, -0.05) is 23.7 Å². The number of rotatable bonds is 1. The highest BCUT2D eigenvalue weighted by Crippen LogP contribution is 2.35. The zero-order valence-corrected chi connectivity index (χ0v) is 10.3. The molecule has 0 aliphatic carbocycles. The number of nitrogens with zero attached hydrogens (tertiary/aromatic N) is 2. The molecule has 0 aliphatic rings. The molecule has 0 unspecified atom stereocenters. The molecule has 17 heavy (non-hydrogen) atoms. The molecule has 0 amide bonds. The van der Waals surface area contributed by atoms with Gasteiger partial charge >= 0.3 is 0 Å². The van der Waals surface area contributed by atoms with Gasteiger partial charge in [0.25, 0.3) is 0 Å². The smallest absolute Gasteiger partial charge is 0.151 e. The Morgan fingerprint density at radius 3 is 2.41 bits per heavy atom. The van der Waals surface area contributed by atoms with Gasteiger partial charge in [0.2, 0.25) is 0 Å². The van der Waals surface area contributed by atoms with Crippen LogP contribution in [0.1, 0.15) is 0 Å². The number of thiophene rings is 1. The molecule has 0 radical (unpaired) electrons. The molecule has 5 heteroatoms. The van der Waals surface area contributed by atoms with Gasteiger partial charge in [-0.05, 0) is 23.6 Å². The quantitative estimate of drug-likeness (QED) is 0.728. The maximum atomic E-state index is 6.08. The first-order chi connectivity index (χ1) is 8.25. The van der Waals surface area contributed by atoms with Crippen LogP contribution in [0.3, 0.4) is 0 Å². The Morgan fingerprint density at radius 1 is 1.06 bits per heavy atom. The van der Waals surface area contributed by atoms with Crippen LogP contribution in [0.25, 0.3) is 21.6 Å². The van der Waals surface area contributed by atoms with E-state index in [0.29, 0.717) is 16.5 Å². The molecule has 0 bridgehead atoms. The second-order valence-corrected chi connectivity index (χ2v) is 4.87. The zero-order valence-electron chi connectivity index (χ0n) is 8.72. The molecule has 3 nitrogen and oxygen atoms in total. The third-order valence-electron chi connectivity index (χ3n) is 2.43. The summed E-state index contributed by atoms with van der Waals surface area (Å²) in [5.74, 6) is 0.410. The summed E-state index contributed by atoms with van der Waals surface area (Å²) in [5, 5.41) is 2.57. The molecule has 0 spiro atoms. The van der Waals surface area contributed by atoms with Crippen molar-refractivity contribution in [2.45, 2.75) is 0 Å². The zero-order chi connectivity index (χ0) is 11.8. The van der Waals surface area contributed by atoms with E-state index < -0.39 is 0 Å². The number of anilines is 1. The molecule has 0 saturated heterocycles. The van der Waals surface area contributed by atoms with Crippen LogP contribution >= 0.6 is 22.9 Å². The van der Waals surface area contributed by atoms with Crippen molar-refractivity contribution < 1.29 is 0 Å². The Kier molecular flexibility index (Phi) is 2.46. The third-order valence-corrected chi connectivity index (χ3v) is 3.78. The number of hydrogen-bond donors (Lipinski definition) is 1. The van der Waals surface area contributed by atoms with Crippen LogP contribution in [-0.4, -0.2) is 9.97 Å². The molecule has 0 fully saturated rings. The molecule has 0 saturated carbocycles. The summed E-state index contributed by atoms with van der Waals surface area (Å²) in [4.78, 5) is 9.72. The van der Waals surface area contributed by atoms with Crippen LogP contribution in [0.5, 0.6) is 0 Å². The van der Waals surface area contributed by atoms with Gasteiger partial charge in [0.05, 0.1) is 20.9 Å². The average molecular weight is 262 g/mol. The van der Waals surface area contributed by atoms with Crippen molar-refractivity contribution in [3.8, 4) is 10.6 Å². The van der Waals surface area contributed by atoms with Gasteiger partial charge in [-0.25, -0.2) is 9.97 Å². The molecule has 84 valence electrons. The summed E-state index contributed by atoms with van der Waals surface area (Å²) >= 11 is 7.60. The van der Waals surface area contributed by atoms with Crippen LogP contribution in [0.15, 0.2) is 35.7 Å². The fourth-order valence-corrected chi connectivity index (χ4v) is 2.79. The first-order valence-electron chi connectivity index (χ1n) is 5.01. The number of nitrogen functional groups attached to an aromatic ring is 1. The second kappa shape index (κ2) is 3.98. The number of hydrogen-bond acceptors (Lipinski definition) is 4. The van der Waals surface area contributed by atoms with E-state index in [1.807, 2.05) is 35.7 Å². The number of para-hydroxylation sites is 2. The molecule has 2 heterocycles. The average Bonchev–Trinajstić information content (AvgIpc) is 2.74. The lowest BCUT2D eigenvalue weighted by Crippen LogP contribution is -1.97. The van der Waals surface area contributed by atoms with Crippen molar-refractivity contribution in [1.29, 1.82) is 0 Å². The minimum atomic E-state index is 0.410. The van der Waals surface area contributed by atoms with Crippen molar-refractivity contribution in [2.24, 2.45) is 0 Å². The molecular weight excluding hydrogens is 254 g/mol. The molecular formula is C12H8ClN3S. The van der Waals surface area contributed by atoms with Gasteiger partial charge in [0.1, 0.15) is 5.69 Å². The number of nitrogens with two attached hydrogens (primary N) is 1. The predicted molar refractivity (Wildman–Crippen MR) is 72.3 cm³/mol. The van der Waals surface area contributed by atoms with Crippen LogP contribution < -0.4 is 5.73 Å². The van der Waals surface area contributed by atoms with E-state index in [1.165, 1.54) is 11.3 Å². The van der Waals surface area contributed by atoms with Crippen LogP contribution in [0, 0.1) is 0 Å². The van der Waals surface area contributed by atoms with Crippen LogP contribution in [0.4, 0.5) is 5.82 Å². The molecule has 0 atom stereocenters. The van der Waals surface area contributed by atoms with Crippen molar-refractivity contribution in [2.75, 3.05) is 5.73 Å². The van der Waals surface area contributed by atoms with Gasteiger partial charge in [-0.3, -0.25) is 0 Å². The number of fused-ring (bicyclic) bond motifs is 1. The van der Waals surface area contributed by atoms with E-state index in [9.17, 15) is 0 Å². The standard InChI is InChI=1S/C12H8ClN3S/c13-7-5-6-17-11(7)10-12(14)16-9-4-2-1-3-8(9)15-10/h1-6H,(H2,14,16). The summed E-state index contributed by atoms with van der Waals surface area (Å²) < 4.78 is 0. The first-order valence-corrected chi connectivity index (χ1v) is 6.27. The normalized spacial score (nSPS) is 10.9. The number of aromatic nitrogens is 2. The fraction of sp³-hybridized carbons (Fsp3) is 0. The summed E-state index contributed by atoms with van der Waals surface area (Å²) in [6, 6.07) is 9.46. The lowest BCUT2D eigenvalue weighted by atomic mass is 10.2. The van der Waals surface area contributed by atoms with Crippen molar-refractivity contribution in [3.05, 3.63) is 40.7 Å². The van der Waals surface area contributed by atoms with E-state index in [0.717, 1.165) is 15.9 Å². The van der Waals surface area contributed by atoms with Gasteiger partial charge < -0.3 is 5.73 Å². The number of benzene rings is 1. The Hall–Kier alpha value is -1.65. The topological polar surface area (TPSA) is 51.8 Å². The summed E-state index contributed by atoms with van der Waals surface area (Å²) in [5.41, 5.74) is 8.19. The van der Waals surface area contributed by atoms with Gasteiger partial charge in [0.15, 0.2) is 5.82 Å². The van der Waals surface area contributed by atoms with E-state index in [2.05, 4.69) is 9.97 Å². The minimum absolute atomic E-state index is 0.410. The van der Waals surface area contributed by atoms with Gasteiger partial charge in [-0.15, -0.1) is 11.3 Å². The van der Waals surface area contributed by atoms with Gasteiger partial charge in [-0.2, -0.15) is 0 Å². The Labute approximate surface area is 107 Å². The van der Waals surface area contributed by atoms with Crippen molar-refractivity contribution in [3.63, 3.8) is 0 Å². The lowest BCUT2D eigenvalue weighted by Gasteiger charge is -2.04. The van der Waals surface area contributed by atoms with Gasteiger partial charge in [0, 0.05) is 0 Å². The first kappa shape index (κ1) is 10.5. The predicted octanol–water partition coefficient (Wildman–Crippen LogP) is 3.59. The molecule has 3 rings (SSSR count). The third kappa shape index (κ3) is 1.75. The summed E-state index contributed by atoms with van der Waals surface area (Å²) in [6.45, 7) is 0. The minimum Gasteiger partial charge on any atom is -0.382 e. The molecule has 0 aliphatic heterocycles. The van der Waals surface area contributed by atoms with E-state index >= 15 is 0 Å². The largest absolute Gasteiger partial charge is 0.382 e. The highest BCUT2D eigenvalue weighted by Gasteiger charge is 2.12. The maximum Gasteiger partial charge on any atom is 0.151 e. The Morgan fingerprint density at radius 2 is 1.76 bits per heavy atom. The Balaban J connectivity index is 2.30. The highest BCUT2D eigenvalue weighted by atomic mass is 35.5. The monoisotopic (exact) mass is 261 g/mol. The van der Waals surface area contributed by atoms with Crippen molar-refractivity contribution in [1.82, 2.24) is 9.97 Å². The molecule has 3 aromatic rings. The highest BCUT2D eigenvalue weighted by molar-refractivity contribution is 7.14. The summed E-state index contributed by atoms with van der Waals surface area (Å²) in [6.07, 6.45) is 0. The summed E-state index contributed by atoms with van der Waals surface area (Å²) in [7, 11) is 0. The van der Waals surface area contributed by atoms with E-state index in [1.54, 1.807) is 0 Å². The van der Waals surface area contributed by atoms with Crippen LogP contribution in [0.2, 0.25) is 5.02 Å². The Bertz CT molecular complexity index is 693. The lowest BCUT2D eigenvalue weighted by molar-refractivity contribution is 1.31. The fourth-order valence-electron chi connectivity index (χ4n) is 1.64. The molecule has 2 N–H and O–H groups in total. The van der Waals surface area contributed by atoms with Crippen molar-refractivity contribution >= 4 is 39.8 Å². The van der Waals surface area contributed by atoms with E-state index in [-0.39, 0.29) is 0 Å². The second-order valence-electron chi connectivity index (χ2n) is 3.54. The van der Waals surface area contributed by atoms with Crippen LogP contribution in [-0.2, 0) is 0 Å². The van der Waals surface area contributed by atoms with E-state index in [4.69, 9.17) is 17.3 Å². The number of halogens is 1. The molecule has 2 aromatic heterocycles. The molecule has 1 aromatic carbocycles. The SMILES string of the molecule is Nc1nc2ccccc2nc1-c1sccc1Cl. The maximum absolute atomic E-state index is 6.08.